The summed E-state index contributed by atoms with van der Waals surface area (Å²) in [4.78, 5) is 0.838. The summed E-state index contributed by atoms with van der Waals surface area (Å²) in [5.41, 5.74) is 4.50. The second-order valence-electron chi connectivity index (χ2n) is 5.79. The van der Waals surface area contributed by atoms with E-state index in [2.05, 4.69) is 57.9 Å². The maximum absolute atomic E-state index is 5.16. The van der Waals surface area contributed by atoms with E-state index in [0.29, 0.717) is 6.54 Å². The van der Waals surface area contributed by atoms with Gasteiger partial charge in [-0.1, -0.05) is 35.9 Å². The van der Waals surface area contributed by atoms with Gasteiger partial charge >= 0.3 is 0 Å². The average molecular weight is 363 g/mol. The fourth-order valence-corrected chi connectivity index (χ4v) is 3.38. The second-order valence-corrected chi connectivity index (χ2v) is 6.62. The molecule has 0 saturated heterocycles. The third kappa shape index (κ3) is 4.18. The maximum atomic E-state index is 5.16. The van der Waals surface area contributed by atoms with E-state index in [1.165, 1.54) is 5.56 Å². The fraction of sp³-hybridized carbons (Fsp3) is 0.143. The van der Waals surface area contributed by atoms with Crippen LogP contribution in [0.1, 0.15) is 11.1 Å². The topological polar surface area (TPSA) is 38.9 Å². The molecule has 2 aromatic carbocycles. The normalized spacial score (nSPS) is 11.8. The summed E-state index contributed by atoms with van der Waals surface area (Å²) < 4.78 is 7.28. The highest BCUT2D eigenvalue weighted by Gasteiger charge is 2.06. The van der Waals surface area contributed by atoms with E-state index in [1.54, 1.807) is 24.7 Å². The third-order valence-corrected chi connectivity index (χ3v) is 4.78. The lowest BCUT2D eigenvalue weighted by Crippen LogP contribution is -2.14. The van der Waals surface area contributed by atoms with E-state index in [9.17, 15) is 0 Å². The van der Waals surface area contributed by atoms with Gasteiger partial charge in [-0.3, -0.25) is 0 Å². The number of allylic oxidation sites excluding steroid dienone is 1. The Morgan fingerprint density at radius 1 is 1.12 bits per heavy atom. The quantitative estimate of drug-likeness (QED) is 0.357. The molecule has 4 nitrogen and oxygen atoms in total. The molecule has 0 amide bonds. The molecule has 0 aliphatic rings. The highest BCUT2D eigenvalue weighted by atomic mass is 32.1. The smallest absolute Gasteiger partial charge is 0.211 e. The van der Waals surface area contributed by atoms with Gasteiger partial charge in [-0.25, -0.2) is 0 Å². The van der Waals surface area contributed by atoms with E-state index in [4.69, 9.17) is 4.74 Å². The van der Waals surface area contributed by atoms with Crippen LogP contribution < -0.4 is 9.54 Å². The van der Waals surface area contributed by atoms with Crippen LogP contribution >= 0.6 is 11.3 Å². The van der Waals surface area contributed by atoms with Crippen molar-refractivity contribution in [3.8, 4) is 17.0 Å². The zero-order valence-electron chi connectivity index (χ0n) is 14.9. The zero-order chi connectivity index (χ0) is 18.4. The molecule has 26 heavy (non-hydrogen) atoms. The molecular formula is C21H21N3OS. The maximum Gasteiger partial charge on any atom is 0.211 e. The molecule has 0 saturated carbocycles. The number of methoxy groups -OCH3 is 1. The lowest BCUT2D eigenvalue weighted by atomic mass is 10.1. The molecule has 0 fully saturated rings. The summed E-state index contributed by atoms with van der Waals surface area (Å²) in [6.07, 6.45) is 3.61. The van der Waals surface area contributed by atoms with E-state index < -0.39 is 0 Å². The lowest BCUT2D eigenvalue weighted by molar-refractivity contribution is 0.415. The molecule has 0 spiro atoms. The molecule has 3 aromatic rings. The summed E-state index contributed by atoms with van der Waals surface area (Å²) in [6, 6.07) is 16.2. The minimum absolute atomic E-state index is 0.684. The molecule has 0 radical (unpaired) electrons. The number of ether oxygens (including phenoxy) is 1. The number of hydrogen-bond acceptors (Lipinski definition) is 4. The average Bonchev–Trinajstić information content (AvgIpc) is 3.06. The van der Waals surface area contributed by atoms with Crippen molar-refractivity contribution in [2.24, 2.45) is 10.2 Å². The molecule has 0 unspecified atom stereocenters. The van der Waals surface area contributed by atoms with Gasteiger partial charge in [0.25, 0.3) is 0 Å². The van der Waals surface area contributed by atoms with Gasteiger partial charge in [0.15, 0.2) is 0 Å². The molecular weight excluding hydrogens is 342 g/mol. The Bertz CT molecular complexity index is 964. The number of rotatable bonds is 6. The second kappa shape index (κ2) is 8.45. The minimum atomic E-state index is 0.684. The Kier molecular flexibility index (Phi) is 5.81. The van der Waals surface area contributed by atoms with Crippen LogP contribution in [0.5, 0.6) is 5.75 Å². The molecule has 0 N–H and O–H groups in total. The third-order valence-electron chi connectivity index (χ3n) is 3.92. The van der Waals surface area contributed by atoms with Crippen LogP contribution in [-0.2, 0) is 6.54 Å². The van der Waals surface area contributed by atoms with Crippen molar-refractivity contribution in [2.45, 2.75) is 13.5 Å². The van der Waals surface area contributed by atoms with Crippen molar-refractivity contribution in [1.82, 2.24) is 4.57 Å². The van der Waals surface area contributed by atoms with Gasteiger partial charge in [-0.15, -0.1) is 23.0 Å². The molecule has 132 valence electrons. The Morgan fingerprint density at radius 3 is 2.50 bits per heavy atom. The molecule has 0 aliphatic carbocycles. The van der Waals surface area contributed by atoms with Gasteiger partial charge in [0.1, 0.15) is 5.75 Å². The Balaban J connectivity index is 1.91. The van der Waals surface area contributed by atoms with Gasteiger partial charge in [0.05, 0.1) is 19.0 Å². The van der Waals surface area contributed by atoms with E-state index in [0.717, 1.165) is 27.4 Å². The van der Waals surface area contributed by atoms with Crippen LogP contribution in [0.25, 0.3) is 11.3 Å². The van der Waals surface area contributed by atoms with Crippen molar-refractivity contribution >= 4 is 17.6 Å². The first-order valence-electron chi connectivity index (χ1n) is 8.28. The van der Waals surface area contributed by atoms with Gasteiger partial charge < -0.3 is 9.30 Å². The van der Waals surface area contributed by atoms with E-state index >= 15 is 0 Å². The number of nitrogens with zero attached hydrogens (tertiary/aromatic N) is 3. The zero-order valence-corrected chi connectivity index (χ0v) is 15.7. The minimum Gasteiger partial charge on any atom is -0.497 e. The van der Waals surface area contributed by atoms with Crippen molar-refractivity contribution in [1.29, 1.82) is 0 Å². The van der Waals surface area contributed by atoms with Crippen LogP contribution in [0.4, 0.5) is 0 Å². The van der Waals surface area contributed by atoms with Gasteiger partial charge in [0.2, 0.25) is 4.80 Å². The molecule has 0 aliphatic heterocycles. The monoisotopic (exact) mass is 363 g/mol. The van der Waals surface area contributed by atoms with Gasteiger partial charge in [-0.2, -0.15) is 5.10 Å². The van der Waals surface area contributed by atoms with Crippen molar-refractivity contribution < 1.29 is 4.74 Å². The first-order valence-corrected chi connectivity index (χ1v) is 9.16. The summed E-state index contributed by atoms with van der Waals surface area (Å²) in [7, 11) is 1.65. The first kappa shape index (κ1) is 17.9. The van der Waals surface area contributed by atoms with E-state index in [1.807, 2.05) is 30.3 Å². The van der Waals surface area contributed by atoms with Crippen molar-refractivity contribution in [3.63, 3.8) is 0 Å². The first-order chi connectivity index (χ1) is 12.7. The number of aryl methyl sites for hydroxylation is 1. The number of hydrogen-bond donors (Lipinski definition) is 0. The largest absolute Gasteiger partial charge is 0.497 e. The predicted octanol–water partition coefficient (Wildman–Crippen LogP) is 4.65. The SMILES string of the molecule is C=CCn1c(-c2ccc(C)cc2)cs/c1=N\N=C/c1ccc(OC)cc1. The highest BCUT2D eigenvalue weighted by Crippen LogP contribution is 2.20. The number of aromatic nitrogens is 1. The van der Waals surface area contributed by atoms with E-state index in [-0.39, 0.29) is 0 Å². The summed E-state index contributed by atoms with van der Waals surface area (Å²) in [6.45, 7) is 6.63. The molecule has 5 heteroatoms. The number of thiazole rings is 1. The predicted molar refractivity (Wildman–Crippen MR) is 109 cm³/mol. The van der Waals surface area contributed by atoms with Crippen LogP contribution in [0.2, 0.25) is 0 Å². The fourth-order valence-electron chi connectivity index (χ4n) is 2.50. The van der Waals surface area contributed by atoms with Gasteiger partial charge in [0, 0.05) is 11.9 Å². The Morgan fingerprint density at radius 2 is 1.85 bits per heavy atom. The molecule has 1 aromatic heterocycles. The molecule has 3 rings (SSSR count). The van der Waals surface area contributed by atoms with Crippen LogP contribution in [-0.4, -0.2) is 17.9 Å². The summed E-state index contributed by atoms with van der Waals surface area (Å²) in [5, 5.41) is 10.8. The van der Waals surface area contributed by atoms with Crippen LogP contribution in [0.15, 0.2) is 76.8 Å². The van der Waals surface area contributed by atoms with Crippen molar-refractivity contribution in [3.05, 3.63) is 82.5 Å². The Labute approximate surface area is 157 Å². The highest BCUT2D eigenvalue weighted by molar-refractivity contribution is 7.07. The molecule has 0 atom stereocenters. The lowest BCUT2D eigenvalue weighted by Gasteiger charge is -2.06. The Hall–Kier alpha value is -2.92. The summed E-state index contributed by atoms with van der Waals surface area (Å²) in [5.74, 6) is 0.823. The van der Waals surface area contributed by atoms with Crippen LogP contribution in [0.3, 0.4) is 0 Å². The van der Waals surface area contributed by atoms with Crippen LogP contribution in [0, 0.1) is 6.92 Å². The molecule has 1 heterocycles. The molecule has 0 bridgehead atoms. The summed E-state index contributed by atoms with van der Waals surface area (Å²) >= 11 is 1.57. The standard InChI is InChI=1S/C21H21N3OS/c1-4-13-24-20(18-9-5-16(2)6-10-18)15-26-21(24)23-22-14-17-7-11-19(25-3)12-8-17/h4-12,14-15H,1,13H2,2-3H3/b22-14-,23-21-. The van der Waals surface area contributed by atoms with Gasteiger partial charge in [-0.05, 0) is 42.3 Å². The number of benzene rings is 2. The van der Waals surface area contributed by atoms with Crippen molar-refractivity contribution in [2.75, 3.05) is 7.11 Å².